The highest BCUT2D eigenvalue weighted by Gasteiger charge is 2.67. The van der Waals surface area contributed by atoms with Gasteiger partial charge >= 0.3 is 0 Å². The Labute approximate surface area is 167 Å². The highest BCUT2D eigenvalue weighted by atomic mass is 16.5. The Morgan fingerprint density at radius 3 is 2.75 bits per heavy atom. The predicted octanol–water partition coefficient (Wildman–Crippen LogP) is 3.35. The van der Waals surface area contributed by atoms with Crippen molar-refractivity contribution >= 4 is 5.71 Å². The van der Waals surface area contributed by atoms with E-state index in [9.17, 15) is 10.3 Å². The van der Waals surface area contributed by atoms with E-state index >= 15 is 0 Å². The lowest BCUT2D eigenvalue weighted by Crippen LogP contribution is -2.75. The van der Waals surface area contributed by atoms with Gasteiger partial charge in [-0.15, -0.1) is 0 Å². The minimum absolute atomic E-state index is 0.127. The number of nitrogens with zero attached hydrogens (tertiary/aromatic N) is 2. The fourth-order valence-electron chi connectivity index (χ4n) is 6.45. The highest BCUT2D eigenvalue weighted by molar-refractivity contribution is 5.92. The van der Waals surface area contributed by atoms with E-state index in [1.807, 2.05) is 6.07 Å². The molecule has 152 valence electrons. The molecule has 3 atom stereocenters. The second-order valence-electron chi connectivity index (χ2n) is 10.2. The number of fused-ring (bicyclic) bond motifs is 1. The van der Waals surface area contributed by atoms with Gasteiger partial charge in [-0.3, -0.25) is 4.90 Å². The van der Waals surface area contributed by atoms with E-state index in [0.29, 0.717) is 12.8 Å². The smallest absolute Gasteiger partial charge is 0.119 e. The molecule has 5 nitrogen and oxygen atoms in total. The number of oxime groups is 1. The third-order valence-corrected chi connectivity index (χ3v) is 8.16. The number of piperidine rings is 1. The number of hydrogen-bond donors (Lipinski definition) is 2. The summed E-state index contributed by atoms with van der Waals surface area (Å²) in [5.74, 6) is 1.64. The van der Waals surface area contributed by atoms with Crippen LogP contribution in [0.25, 0.3) is 0 Å². The Morgan fingerprint density at radius 1 is 1.29 bits per heavy atom. The maximum absolute atomic E-state index is 12.4. The number of rotatable bonds is 3. The number of ether oxygens (including phenoxy) is 1. The molecule has 2 saturated carbocycles. The van der Waals surface area contributed by atoms with Crippen LogP contribution < -0.4 is 4.74 Å². The van der Waals surface area contributed by atoms with Crippen LogP contribution >= 0.6 is 0 Å². The summed E-state index contributed by atoms with van der Waals surface area (Å²) in [7, 11) is 1.69. The minimum atomic E-state index is -0.822. The van der Waals surface area contributed by atoms with Crippen LogP contribution in [-0.4, -0.2) is 52.8 Å². The van der Waals surface area contributed by atoms with Crippen LogP contribution in [0.2, 0.25) is 0 Å². The van der Waals surface area contributed by atoms with Crippen molar-refractivity contribution in [1.82, 2.24) is 4.90 Å². The number of benzene rings is 1. The molecule has 2 N–H and O–H groups in total. The SMILES string of the molecule is COc1ccc2c(c1)C13CCN(CC4CC4)C(C2)C1(O)CC(C)(C)/C(=N\O)C3. The average molecular weight is 385 g/mol. The largest absolute Gasteiger partial charge is 0.497 e. The fourth-order valence-corrected chi connectivity index (χ4v) is 6.45. The first-order valence-corrected chi connectivity index (χ1v) is 10.7. The van der Waals surface area contributed by atoms with E-state index < -0.39 is 11.0 Å². The molecule has 1 heterocycles. The van der Waals surface area contributed by atoms with Crippen LogP contribution in [0.4, 0.5) is 0 Å². The maximum Gasteiger partial charge on any atom is 0.119 e. The van der Waals surface area contributed by atoms with Crippen LogP contribution in [0.15, 0.2) is 23.4 Å². The summed E-state index contributed by atoms with van der Waals surface area (Å²) in [6.45, 7) is 6.32. The summed E-state index contributed by atoms with van der Waals surface area (Å²) < 4.78 is 5.53. The molecule has 3 fully saturated rings. The summed E-state index contributed by atoms with van der Waals surface area (Å²) in [5.41, 5.74) is 1.78. The predicted molar refractivity (Wildman–Crippen MR) is 108 cm³/mol. The number of hydrogen-bond acceptors (Lipinski definition) is 5. The molecule has 1 aromatic rings. The first-order valence-electron chi connectivity index (χ1n) is 10.7. The van der Waals surface area contributed by atoms with Crippen molar-refractivity contribution in [2.24, 2.45) is 16.5 Å². The minimum Gasteiger partial charge on any atom is -0.497 e. The van der Waals surface area contributed by atoms with Crippen molar-refractivity contribution in [2.75, 3.05) is 20.2 Å². The van der Waals surface area contributed by atoms with E-state index in [1.54, 1.807) is 7.11 Å². The van der Waals surface area contributed by atoms with Crippen molar-refractivity contribution in [1.29, 1.82) is 0 Å². The van der Waals surface area contributed by atoms with Gasteiger partial charge in [-0.05, 0) is 67.8 Å². The van der Waals surface area contributed by atoms with Crippen LogP contribution in [0.3, 0.4) is 0 Å². The van der Waals surface area contributed by atoms with Gasteiger partial charge in [-0.1, -0.05) is 25.1 Å². The highest BCUT2D eigenvalue weighted by Crippen LogP contribution is 2.61. The van der Waals surface area contributed by atoms with Gasteiger partial charge in [0.15, 0.2) is 0 Å². The summed E-state index contributed by atoms with van der Waals surface area (Å²) in [6, 6.07) is 6.47. The van der Waals surface area contributed by atoms with E-state index in [-0.39, 0.29) is 11.5 Å². The Hall–Kier alpha value is -1.59. The topological polar surface area (TPSA) is 65.3 Å². The molecule has 4 aliphatic rings. The third kappa shape index (κ3) is 2.42. The lowest BCUT2D eigenvalue weighted by atomic mass is 9.45. The van der Waals surface area contributed by atoms with Gasteiger partial charge in [0.1, 0.15) is 5.75 Å². The third-order valence-electron chi connectivity index (χ3n) is 8.16. The normalized spacial score (nSPS) is 38.0. The molecule has 1 aromatic carbocycles. The van der Waals surface area contributed by atoms with Gasteiger partial charge in [0.25, 0.3) is 0 Å². The molecule has 0 radical (unpaired) electrons. The standard InChI is InChI=1S/C23H32N2O3/c1-21(2)14-23(26)20-10-16-6-7-17(28-3)11-18(16)22(23,12-19(21)24-27)8-9-25(20)13-15-4-5-15/h6-7,11,15,20,26-27H,4-5,8-10,12-14H2,1-3H3/b24-19-. The van der Waals surface area contributed by atoms with E-state index in [1.165, 1.54) is 24.0 Å². The second-order valence-corrected chi connectivity index (χ2v) is 10.2. The van der Waals surface area contributed by atoms with Crippen LogP contribution in [-0.2, 0) is 11.8 Å². The lowest BCUT2D eigenvalue weighted by Gasteiger charge is -2.66. The van der Waals surface area contributed by atoms with Gasteiger partial charge in [-0.25, -0.2) is 0 Å². The molecule has 1 saturated heterocycles. The van der Waals surface area contributed by atoms with E-state index in [2.05, 4.69) is 36.0 Å². The molecule has 5 rings (SSSR count). The number of methoxy groups -OCH3 is 1. The second kappa shape index (κ2) is 5.96. The Kier molecular flexibility index (Phi) is 3.92. The molecule has 3 aliphatic carbocycles. The van der Waals surface area contributed by atoms with E-state index in [4.69, 9.17) is 4.74 Å². The molecule has 2 bridgehead atoms. The van der Waals surface area contributed by atoms with Crippen LogP contribution in [0, 0.1) is 11.3 Å². The number of aliphatic hydroxyl groups is 1. The van der Waals surface area contributed by atoms with E-state index in [0.717, 1.165) is 43.3 Å². The van der Waals surface area contributed by atoms with Crippen LogP contribution in [0.1, 0.15) is 57.1 Å². The summed E-state index contributed by atoms with van der Waals surface area (Å²) >= 11 is 0. The molecule has 0 spiro atoms. The molecule has 3 unspecified atom stereocenters. The molecule has 28 heavy (non-hydrogen) atoms. The maximum atomic E-state index is 12.4. The lowest BCUT2D eigenvalue weighted by molar-refractivity contribution is -0.167. The average Bonchev–Trinajstić information content (AvgIpc) is 3.46. The Balaban J connectivity index is 1.68. The van der Waals surface area contributed by atoms with Crippen molar-refractivity contribution in [3.8, 4) is 5.75 Å². The molecule has 0 amide bonds. The van der Waals surface area contributed by atoms with Crippen molar-refractivity contribution in [3.63, 3.8) is 0 Å². The Morgan fingerprint density at radius 2 is 2.07 bits per heavy atom. The van der Waals surface area contributed by atoms with Gasteiger partial charge in [0, 0.05) is 29.8 Å². The molecule has 5 heteroatoms. The van der Waals surface area contributed by atoms with Crippen molar-refractivity contribution in [3.05, 3.63) is 29.3 Å². The first kappa shape index (κ1) is 18.4. The first-order chi connectivity index (χ1) is 13.3. The van der Waals surface area contributed by atoms with Crippen LogP contribution in [0.5, 0.6) is 5.75 Å². The molecule has 0 aromatic heterocycles. The van der Waals surface area contributed by atoms with Crippen molar-refractivity contribution < 1.29 is 15.1 Å². The zero-order chi connectivity index (χ0) is 19.7. The quantitative estimate of drug-likeness (QED) is 0.620. The number of likely N-dealkylation sites (tertiary alicyclic amines) is 1. The van der Waals surface area contributed by atoms with Gasteiger partial charge in [0.05, 0.1) is 18.4 Å². The zero-order valence-electron chi connectivity index (χ0n) is 17.2. The summed E-state index contributed by atoms with van der Waals surface area (Å²) in [6.07, 6.45) is 5.66. The monoisotopic (exact) mass is 384 g/mol. The van der Waals surface area contributed by atoms with Crippen molar-refractivity contribution in [2.45, 2.75) is 69.4 Å². The zero-order valence-corrected chi connectivity index (χ0v) is 17.2. The van der Waals surface area contributed by atoms with Gasteiger partial charge in [0.2, 0.25) is 0 Å². The fraction of sp³-hybridized carbons (Fsp3) is 0.696. The molecule has 1 aliphatic heterocycles. The molecular formula is C23H32N2O3. The molecular weight excluding hydrogens is 352 g/mol. The summed E-state index contributed by atoms with van der Waals surface area (Å²) in [5, 5.41) is 25.9. The van der Waals surface area contributed by atoms with Gasteiger partial charge in [-0.2, -0.15) is 0 Å². The Bertz CT molecular complexity index is 831. The summed E-state index contributed by atoms with van der Waals surface area (Å²) in [4.78, 5) is 2.57. The van der Waals surface area contributed by atoms with Gasteiger partial charge < -0.3 is 15.1 Å².